The summed E-state index contributed by atoms with van der Waals surface area (Å²) in [5.41, 5.74) is 10.2. The van der Waals surface area contributed by atoms with E-state index in [0.717, 1.165) is 46.3 Å². The minimum Gasteiger partial charge on any atom is -0.475 e. The Balaban J connectivity index is 0.000000505. The highest BCUT2D eigenvalue weighted by atomic mass is 32.2. The van der Waals surface area contributed by atoms with Gasteiger partial charge in [0.1, 0.15) is 0 Å². The highest BCUT2D eigenvalue weighted by molar-refractivity contribution is 7.89. The first kappa shape index (κ1) is 29.6. The van der Waals surface area contributed by atoms with Gasteiger partial charge in [-0.25, -0.2) is 17.5 Å². The number of aromatic amines is 1. The van der Waals surface area contributed by atoms with Crippen molar-refractivity contribution in [1.29, 1.82) is 0 Å². The van der Waals surface area contributed by atoms with E-state index < -0.39 is 28.1 Å². The van der Waals surface area contributed by atoms with Gasteiger partial charge in [-0.3, -0.25) is 4.79 Å². The quantitative estimate of drug-likeness (QED) is 0.337. The first-order chi connectivity index (χ1) is 17.8. The number of thiophene rings is 1. The lowest BCUT2D eigenvalue weighted by Crippen LogP contribution is -2.38. The van der Waals surface area contributed by atoms with Crippen LogP contribution in [0.25, 0.3) is 21.3 Å². The number of nitrogens with zero attached hydrogens (tertiary/aromatic N) is 1. The summed E-state index contributed by atoms with van der Waals surface area (Å²) in [4.78, 5) is 25.4. The first-order valence-electron chi connectivity index (χ1n) is 11.7. The Kier molecular flexibility index (Phi) is 9.23. The van der Waals surface area contributed by atoms with Gasteiger partial charge in [0.15, 0.2) is 0 Å². The standard InChI is InChI=1S/C22H28N4O3S2.C2HF3O2/c1-3-31(28,29)26-6-4-15(5-7-26)19-12-25-21-17(19)9-16(10-18(21)22(23)27)20-8-14(11-24-2)13-30-20;3-2(4,5)1(6)7/h8-10,12-13,15,24-25H,3-7,11H2,1-2H3,(H2,23,27);(H,6,7). The Labute approximate surface area is 221 Å². The predicted octanol–water partition coefficient (Wildman–Crippen LogP) is 3.88. The van der Waals surface area contributed by atoms with Gasteiger partial charge in [-0.15, -0.1) is 11.3 Å². The number of halogens is 3. The van der Waals surface area contributed by atoms with E-state index in [9.17, 15) is 26.4 Å². The van der Waals surface area contributed by atoms with Crippen LogP contribution in [0.2, 0.25) is 0 Å². The zero-order valence-corrected chi connectivity index (χ0v) is 22.4. The van der Waals surface area contributed by atoms with Crippen LogP contribution in [0.4, 0.5) is 13.2 Å². The zero-order valence-electron chi connectivity index (χ0n) is 20.8. The van der Waals surface area contributed by atoms with Gasteiger partial charge in [0.25, 0.3) is 5.91 Å². The fraction of sp³-hybridized carbons (Fsp3) is 0.417. The monoisotopic (exact) mass is 574 g/mol. The Morgan fingerprint density at radius 3 is 2.39 bits per heavy atom. The van der Waals surface area contributed by atoms with Crippen molar-refractivity contribution >= 4 is 44.1 Å². The van der Waals surface area contributed by atoms with Gasteiger partial charge in [-0.1, -0.05) is 0 Å². The number of nitrogens with one attached hydrogen (secondary N) is 2. The average Bonchev–Trinajstić information content (AvgIpc) is 3.50. The lowest BCUT2D eigenvalue weighted by molar-refractivity contribution is -0.192. The molecule has 3 heterocycles. The van der Waals surface area contributed by atoms with E-state index in [2.05, 4.69) is 27.8 Å². The van der Waals surface area contributed by atoms with Crippen LogP contribution in [0.1, 0.15) is 47.2 Å². The van der Waals surface area contributed by atoms with Crippen LogP contribution in [0.3, 0.4) is 0 Å². The number of primary amides is 1. The molecule has 14 heteroatoms. The second-order valence-electron chi connectivity index (χ2n) is 8.78. The van der Waals surface area contributed by atoms with E-state index >= 15 is 0 Å². The largest absolute Gasteiger partial charge is 0.490 e. The molecule has 1 amide bonds. The normalized spacial score (nSPS) is 15.3. The number of hydrogen-bond acceptors (Lipinski definition) is 6. The molecule has 1 aliphatic rings. The van der Waals surface area contributed by atoms with Gasteiger partial charge in [0, 0.05) is 36.1 Å². The van der Waals surface area contributed by atoms with Crippen LogP contribution in [0.15, 0.2) is 29.8 Å². The molecular formula is C24H29F3N4O5S2. The molecule has 0 radical (unpaired) electrons. The number of hydrogen-bond donors (Lipinski definition) is 4. The molecule has 1 fully saturated rings. The predicted molar refractivity (Wildman–Crippen MR) is 140 cm³/mol. The molecule has 1 aromatic carbocycles. The summed E-state index contributed by atoms with van der Waals surface area (Å²) in [6, 6.07) is 6.11. The lowest BCUT2D eigenvalue weighted by atomic mass is 9.89. The smallest absolute Gasteiger partial charge is 0.475 e. The van der Waals surface area contributed by atoms with Gasteiger partial charge in [0.2, 0.25) is 10.0 Å². The molecule has 1 saturated heterocycles. The van der Waals surface area contributed by atoms with Gasteiger partial charge >= 0.3 is 12.1 Å². The second-order valence-corrected chi connectivity index (χ2v) is 11.9. The van der Waals surface area contributed by atoms with Crippen molar-refractivity contribution in [3.63, 3.8) is 0 Å². The molecule has 0 unspecified atom stereocenters. The molecule has 4 rings (SSSR count). The van der Waals surface area contributed by atoms with Crippen LogP contribution in [-0.4, -0.2) is 66.8 Å². The molecule has 0 aliphatic carbocycles. The summed E-state index contributed by atoms with van der Waals surface area (Å²) < 4.78 is 57.7. The summed E-state index contributed by atoms with van der Waals surface area (Å²) in [6.45, 7) is 3.51. The topological polar surface area (TPSA) is 146 Å². The molecule has 0 spiro atoms. The third-order valence-electron chi connectivity index (χ3n) is 6.30. The number of carboxylic acids is 1. The van der Waals surface area contributed by atoms with Crippen molar-refractivity contribution in [2.24, 2.45) is 5.73 Å². The number of carboxylic acid groups (broad SMARTS) is 1. The van der Waals surface area contributed by atoms with Gasteiger partial charge in [0.05, 0.1) is 16.8 Å². The molecule has 0 bridgehead atoms. The number of H-pyrrole nitrogens is 1. The number of piperidine rings is 1. The number of rotatable bonds is 7. The van der Waals surface area contributed by atoms with Crippen LogP contribution in [0, 0.1) is 0 Å². The maximum Gasteiger partial charge on any atom is 0.490 e. The number of sulfonamides is 1. The third-order valence-corrected chi connectivity index (χ3v) is 9.21. The van der Waals surface area contributed by atoms with Crippen LogP contribution >= 0.6 is 11.3 Å². The maximum atomic E-state index is 12.2. The summed E-state index contributed by atoms with van der Waals surface area (Å²) in [5, 5.41) is 13.4. The van der Waals surface area contributed by atoms with Gasteiger partial charge in [-0.05, 0) is 73.0 Å². The first-order valence-corrected chi connectivity index (χ1v) is 14.2. The summed E-state index contributed by atoms with van der Waals surface area (Å²) in [6.07, 6.45) is -1.61. The van der Waals surface area contributed by atoms with Crippen molar-refractivity contribution in [2.75, 3.05) is 25.9 Å². The molecule has 5 N–H and O–H groups in total. The van der Waals surface area contributed by atoms with Gasteiger partial charge in [-0.2, -0.15) is 13.2 Å². The average molecular weight is 575 g/mol. The second kappa shape index (κ2) is 11.8. The third kappa shape index (κ3) is 6.73. The van der Waals surface area contributed by atoms with E-state index in [0.29, 0.717) is 18.7 Å². The molecule has 9 nitrogen and oxygen atoms in total. The Morgan fingerprint density at radius 1 is 1.24 bits per heavy atom. The van der Waals surface area contributed by atoms with Crippen molar-refractivity contribution in [3.8, 4) is 10.4 Å². The van der Waals surface area contributed by atoms with Crippen LogP contribution in [-0.2, 0) is 21.4 Å². The molecule has 2 aromatic heterocycles. The van der Waals surface area contributed by atoms with Gasteiger partial charge < -0.3 is 21.1 Å². The van der Waals surface area contributed by atoms with Crippen molar-refractivity contribution in [2.45, 2.75) is 38.4 Å². The number of amides is 1. The molecule has 38 heavy (non-hydrogen) atoms. The fourth-order valence-electron chi connectivity index (χ4n) is 4.38. The van der Waals surface area contributed by atoms with E-state index in [-0.39, 0.29) is 11.7 Å². The van der Waals surface area contributed by atoms with Crippen molar-refractivity contribution in [3.05, 3.63) is 46.5 Å². The molecule has 0 saturated carbocycles. The SMILES string of the molecule is CCS(=O)(=O)N1CCC(c2c[nH]c3c(C(N)=O)cc(-c4cc(CNC)cs4)cc23)CC1.O=C(O)C(F)(F)F. The van der Waals surface area contributed by atoms with Crippen LogP contribution in [0.5, 0.6) is 0 Å². The Bertz CT molecular complexity index is 1410. The summed E-state index contributed by atoms with van der Waals surface area (Å²) in [7, 11) is -1.24. The maximum absolute atomic E-state index is 12.2. The Morgan fingerprint density at radius 2 is 1.87 bits per heavy atom. The molecule has 208 valence electrons. The number of aromatic nitrogens is 1. The summed E-state index contributed by atoms with van der Waals surface area (Å²) >= 11 is 1.65. The lowest BCUT2D eigenvalue weighted by Gasteiger charge is -2.31. The van der Waals surface area contributed by atoms with E-state index in [1.165, 1.54) is 5.56 Å². The highest BCUT2D eigenvalue weighted by Crippen LogP contribution is 2.38. The van der Waals surface area contributed by atoms with Crippen molar-refractivity contribution in [1.82, 2.24) is 14.6 Å². The van der Waals surface area contributed by atoms with Crippen LogP contribution < -0.4 is 11.1 Å². The minimum atomic E-state index is -5.08. The summed E-state index contributed by atoms with van der Waals surface area (Å²) in [5.74, 6) is -2.85. The molecular weight excluding hydrogens is 545 g/mol. The number of carbonyl (C=O) groups excluding carboxylic acids is 1. The number of nitrogens with two attached hydrogens (primary N) is 1. The minimum absolute atomic E-state index is 0.131. The number of benzene rings is 1. The zero-order chi connectivity index (χ0) is 28.3. The van der Waals surface area contributed by atoms with E-state index in [1.807, 2.05) is 19.3 Å². The van der Waals surface area contributed by atoms with Crippen molar-refractivity contribution < 1.29 is 36.3 Å². The molecule has 0 atom stereocenters. The van der Waals surface area contributed by atoms with E-state index in [1.54, 1.807) is 22.6 Å². The number of fused-ring (bicyclic) bond motifs is 1. The molecule has 3 aromatic rings. The highest BCUT2D eigenvalue weighted by Gasteiger charge is 2.38. The Hall–Kier alpha value is -2.94. The van der Waals surface area contributed by atoms with E-state index in [4.69, 9.17) is 15.6 Å². The number of alkyl halides is 3. The fourth-order valence-corrected chi connectivity index (χ4v) is 6.41. The molecule has 1 aliphatic heterocycles. The number of aliphatic carboxylic acids is 1. The number of carbonyl (C=O) groups is 2.